The lowest BCUT2D eigenvalue weighted by atomic mass is 10.0. The highest BCUT2D eigenvalue weighted by atomic mass is 32.2. The van der Waals surface area contributed by atoms with E-state index in [0.29, 0.717) is 17.5 Å². The van der Waals surface area contributed by atoms with Gasteiger partial charge in [0.15, 0.2) is 9.84 Å². The molecule has 1 fully saturated rings. The van der Waals surface area contributed by atoms with E-state index in [4.69, 9.17) is 5.73 Å². The molecule has 1 aromatic rings. The first-order chi connectivity index (χ1) is 9.21. The van der Waals surface area contributed by atoms with Gasteiger partial charge in [0.05, 0.1) is 11.5 Å². The van der Waals surface area contributed by atoms with E-state index in [-0.39, 0.29) is 29.4 Å². The lowest BCUT2D eigenvalue weighted by Gasteiger charge is -2.29. The molecule has 1 saturated heterocycles. The molecule has 2 atom stereocenters. The average molecular weight is 300 g/mol. The van der Waals surface area contributed by atoms with Crippen molar-refractivity contribution in [3.63, 3.8) is 0 Å². The fourth-order valence-electron chi connectivity index (χ4n) is 2.63. The van der Waals surface area contributed by atoms with E-state index in [2.05, 4.69) is 0 Å². The third-order valence-corrected chi connectivity index (χ3v) is 5.68. The van der Waals surface area contributed by atoms with Crippen molar-refractivity contribution >= 4 is 15.5 Å². The number of aryl methyl sites for hydroxylation is 1. The summed E-state index contributed by atoms with van der Waals surface area (Å²) >= 11 is 0. The van der Waals surface area contributed by atoms with Crippen LogP contribution in [0.2, 0.25) is 0 Å². The van der Waals surface area contributed by atoms with Crippen molar-refractivity contribution < 1.29 is 12.8 Å². The van der Waals surface area contributed by atoms with Gasteiger partial charge in [-0.25, -0.2) is 12.8 Å². The number of sulfone groups is 1. The molecule has 1 aromatic carbocycles. The maximum Gasteiger partial charge on any atom is 0.152 e. The fourth-order valence-corrected chi connectivity index (χ4v) is 4.40. The van der Waals surface area contributed by atoms with E-state index in [9.17, 15) is 12.8 Å². The summed E-state index contributed by atoms with van der Waals surface area (Å²) in [6, 6.07) is 2.83. The molecule has 1 heterocycles. The molecule has 112 valence electrons. The normalized spacial score (nSPS) is 22.8. The van der Waals surface area contributed by atoms with Gasteiger partial charge in [-0.1, -0.05) is 0 Å². The molecule has 0 aliphatic carbocycles. The standard InChI is InChI=1S/C14H21FN2O2S/c1-9-6-14(12(10(2)16)7-13(9)15)17(3)11-4-5-20(18,19)8-11/h6-7,10-11H,4-5,8,16H2,1-3H3. The van der Waals surface area contributed by atoms with Crippen LogP contribution in [-0.2, 0) is 9.84 Å². The number of hydrogen-bond acceptors (Lipinski definition) is 4. The number of benzene rings is 1. The maximum absolute atomic E-state index is 13.7. The Bertz CT molecular complexity index is 614. The second kappa shape index (κ2) is 5.33. The smallest absolute Gasteiger partial charge is 0.152 e. The predicted octanol–water partition coefficient (Wildman–Crippen LogP) is 1.78. The number of rotatable bonds is 3. The Morgan fingerprint density at radius 3 is 2.60 bits per heavy atom. The van der Waals surface area contributed by atoms with Crippen LogP contribution in [0, 0.1) is 12.7 Å². The highest BCUT2D eigenvalue weighted by Crippen LogP contribution is 2.31. The molecule has 1 aliphatic rings. The van der Waals surface area contributed by atoms with Gasteiger partial charge in [0, 0.05) is 24.8 Å². The van der Waals surface area contributed by atoms with Gasteiger partial charge in [-0.15, -0.1) is 0 Å². The van der Waals surface area contributed by atoms with Crippen LogP contribution >= 0.6 is 0 Å². The van der Waals surface area contributed by atoms with Crippen molar-refractivity contribution in [2.24, 2.45) is 5.73 Å². The fraction of sp³-hybridized carbons (Fsp3) is 0.571. The molecular formula is C14H21FN2O2S. The summed E-state index contributed by atoms with van der Waals surface area (Å²) in [5.41, 5.74) is 7.98. The van der Waals surface area contributed by atoms with Gasteiger partial charge < -0.3 is 10.6 Å². The van der Waals surface area contributed by atoms with Gasteiger partial charge in [0.1, 0.15) is 5.82 Å². The molecule has 0 spiro atoms. The number of nitrogens with two attached hydrogens (primary N) is 1. The molecule has 2 unspecified atom stereocenters. The Kier molecular flexibility index (Phi) is 4.07. The highest BCUT2D eigenvalue weighted by Gasteiger charge is 2.32. The maximum atomic E-state index is 13.7. The van der Waals surface area contributed by atoms with Crippen molar-refractivity contribution in [1.82, 2.24) is 0 Å². The molecular weight excluding hydrogens is 279 g/mol. The molecule has 4 nitrogen and oxygen atoms in total. The largest absolute Gasteiger partial charge is 0.370 e. The molecule has 0 aromatic heterocycles. The van der Waals surface area contributed by atoms with Crippen LogP contribution in [0.1, 0.15) is 30.5 Å². The van der Waals surface area contributed by atoms with Crippen molar-refractivity contribution in [2.45, 2.75) is 32.4 Å². The molecule has 0 bridgehead atoms. The first-order valence-corrected chi connectivity index (χ1v) is 8.52. The quantitative estimate of drug-likeness (QED) is 0.924. The zero-order valence-electron chi connectivity index (χ0n) is 12.1. The minimum Gasteiger partial charge on any atom is -0.370 e. The lowest BCUT2D eigenvalue weighted by Crippen LogP contribution is -2.34. The molecule has 2 rings (SSSR count). The van der Waals surface area contributed by atoms with Crippen molar-refractivity contribution in [2.75, 3.05) is 23.5 Å². The monoisotopic (exact) mass is 300 g/mol. The van der Waals surface area contributed by atoms with Crippen LogP contribution < -0.4 is 10.6 Å². The average Bonchev–Trinajstić information content (AvgIpc) is 2.71. The van der Waals surface area contributed by atoms with E-state index >= 15 is 0 Å². The summed E-state index contributed by atoms with van der Waals surface area (Å²) in [5.74, 6) is 0.0853. The van der Waals surface area contributed by atoms with Crippen LogP contribution in [0.5, 0.6) is 0 Å². The number of halogens is 1. The Hall–Kier alpha value is -1.14. The minimum absolute atomic E-state index is 0.0673. The molecule has 1 aliphatic heterocycles. The van der Waals surface area contributed by atoms with Crippen LogP contribution in [-0.4, -0.2) is 33.0 Å². The zero-order chi connectivity index (χ0) is 15.1. The van der Waals surface area contributed by atoms with Gasteiger partial charge in [-0.2, -0.15) is 0 Å². The second-order valence-corrected chi connectivity index (χ2v) is 7.85. The molecule has 0 saturated carbocycles. The van der Waals surface area contributed by atoms with Crippen LogP contribution in [0.4, 0.5) is 10.1 Å². The van der Waals surface area contributed by atoms with Crippen molar-refractivity contribution in [1.29, 1.82) is 0 Å². The van der Waals surface area contributed by atoms with Crippen molar-refractivity contribution in [3.05, 3.63) is 29.1 Å². The first kappa shape index (κ1) is 15.3. The summed E-state index contributed by atoms with van der Waals surface area (Å²) in [4.78, 5) is 1.93. The van der Waals surface area contributed by atoms with Crippen LogP contribution in [0.3, 0.4) is 0 Å². The van der Waals surface area contributed by atoms with E-state index in [1.54, 1.807) is 19.9 Å². The third-order valence-electron chi connectivity index (χ3n) is 3.93. The Labute approximate surface area is 119 Å². The van der Waals surface area contributed by atoms with Crippen LogP contribution in [0.15, 0.2) is 12.1 Å². The molecule has 20 heavy (non-hydrogen) atoms. The summed E-state index contributed by atoms with van der Waals surface area (Å²) in [7, 11) is -1.10. The Morgan fingerprint density at radius 1 is 1.45 bits per heavy atom. The Balaban J connectivity index is 2.39. The third kappa shape index (κ3) is 2.96. The number of hydrogen-bond donors (Lipinski definition) is 1. The summed E-state index contributed by atoms with van der Waals surface area (Å²) < 4.78 is 36.9. The highest BCUT2D eigenvalue weighted by molar-refractivity contribution is 7.91. The lowest BCUT2D eigenvalue weighted by molar-refractivity contribution is 0.600. The summed E-state index contributed by atoms with van der Waals surface area (Å²) in [6.45, 7) is 3.50. The van der Waals surface area contributed by atoms with Gasteiger partial charge in [0.25, 0.3) is 0 Å². The van der Waals surface area contributed by atoms with Gasteiger partial charge in [-0.3, -0.25) is 0 Å². The number of nitrogens with zero attached hydrogens (tertiary/aromatic N) is 1. The van der Waals surface area contributed by atoms with Crippen molar-refractivity contribution in [3.8, 4) is 0 Å². The molecule has 2 N–H and O–H groups in total. The zero-order valence-corrected chi connectivity index (χ0v) is 12.9. The van der Waals surface area contributed by atoms with Gasteiger partial charge in [-0.05, 0) is 43.5 Å². The van der Waals surface area contributed by atoms with E-state index < -0.39 is 9.84 Å². The molecule has 6 heteroatoms. The number of anilines is 1. The van der Waals surface area contributed by atoms with Gasteiger partial charge >= 0.3 is 0 Å². The summed E-state index contributed by atoms with van der Waals surface area (Å²) in [6.07, 6.45) is 0.605. The SMILES string of the molecule is Cc1cc(N(C)C2CCS(=O)(=O)C2)c(C(C)N)cc1F. The molecule has 0 radical (unpaired) electrons. The Morgan fingerprint density at radius 2 is 2.10 bits per heavy atom. The molecule has 0 amide bonds. The predicted molar refractivity (Wildman–Crippen MR) is 79.2 cm³/mol. The summed E-state index contributed by atoms with van der Waals surface area (Å²) in [5, 5.41) is 0. The van der Waals surface area contributed by atoms with E-state index in [1.807, 2.05) is 11.9 Å². The van der Waals surface area contributed by atoms with Gasteiger partial charge in [0.2, 0.25) is 0 Å². The topological polar surface area (TPSA) is 63.4 Å². The van der Waals surface area contributed by atoms with E-state index in [1.165, 1.54) is 6.07 Å². The first-order valence-electron chi connectivity index (χ1n) is 6.70. The van der Waals surface area contributed by atoms with E-state index in [0.717, 1.165) is 5.69 Å². The minimum atomic E-state index is -2.95. The van der Waals surface area contributed by atoms with Crippen LogP contribution in [0.25, 0.3) is 0 Å². The second-order valence-electron chi connectivity index (χ2n) is 5.62.